The van der Waals surface area contributed by atoms with Crippen molar-refractivity contribution in [2.45, 2.75) is 13.5 Å². The zero-order valence-corrected chi connectivity index (χ0v) is 12.0. The Morgan fingerprint density at radius 3 is 2.89 bits per heavy atom. The Labute approximate surface area is 115 Å². The highest BCUT2D eigenvalue weighted by Gasteiger charge is 2.03. The van der Waals surface area contributed by atoms with E-state index in [9.17, 15) is 0 Å². The first kappa shape index (κ1) is 12.9. The van der Waals surface area contributed by atoms with E-state index in [0.717, 1.165) is 15.7 Å². The minimum absolute atomic E-state index is 0.664. The summed E-state index contributed by atoms with van der Waals surface area (Å²) in [7, 11) is 1.63. The van der Waals surface area contributed by atoms with E-state index in [0.29, 0.717) is 12.4 Å². The fourth-order valence-electron chi connectivity index (χ4n) is 1.78. The number of aryl methyl sites for hydroxylation is 1. The summed E-state index contributed by atoms with van der Waals surface area (Å²) in [4.78, 5) is 4.17. The molecule has 2 rings (SSSR count). The number of anilines is 1. The predicted molar refractivity (Wildman–Crippen MR) is 77.0 cm³/mol. The molecule has 3 nitrogen and oxygen atoms in total. The molecule has 1 N–H and O–H groups in total. The first-order valence-electron chi connectivity index (χ1n) is 5.68. The SMILES string of the molecule is COc1ncccc1CNc1cc(C)cc(Br)c1. The number of hydrogen-bond acceptors (Lipinski definition) is 3. The summed E-state index contributed by atoms with van der Waals surface area (Å²) in [5.41, 5.74) is 3.33. The average molecular weight is 307 g/mol. The largest absolute Gasteiger partial charge is 0.481 e. The normalized spacial score (nSPS) is 10.2. The van der Waals surface area contributed by atoms with Crippen molar-refractivity contribution in [1.29, 1.82) is 0 Å². The van der Waals surface area contributed by atoms with Gasteiger partial charge in [-0.2, -0.15) is 0 Å². The van der Waals surface area contributed by atoms with Crippen molar-refractivity contribution < 1.29 is 4.74 Å². The van der Waals surface area contributed by atoms with E-state index in [1.807, 2.05) is 12.1 Å². The molecule has 0 unspecified atom stereocenters. The lowest BCUT2D eigenvalue weighted by atomic mass is 10.2. The number of aromatic nitrogens is 1. The quantitative estimate of drug-likeness (QED) is 0.933. The van der Waals surface area contributed by atoms with E-state index in [-0.39, 0.29) is 0 Å². The molecule has 0 aliphatic carbocycles. The van der Waals surface area contributed by atoms with Crippen molar-refractivity contribution in [3.63, 3.8) is 0 Å². The van der Waals surface area contributed by atoms with Crippen LogP contribution in [-0.4, -0.2) is 12.1 Å². The Kier molecular flexibility index (Phi) is 4.20. The molecular formula is C14H15BrN2O. The van der Waals surface area contributed by atoms with Gasteiger partial charge in [-0.1, -0.05) is 22.0 Å². The molecule has 0 fully saturated rings. The molecule has 0 aliphatic heterocycles. The number of halogens is 1. The second kappa shape index (κ2) is 5.87. The third kappa shape index (κ3) is 3.23. The fourth-order valence-corrected chi connectivity index (χ4v) is 2.39. The Bertz CT molecular complexity index is 523. The van der Waals surface area contributed by atoms with Crippen LogP contribution in [0.25, 0.3) is 0 Å². The first-order valence-corrected chi connectivity index (χ1v) is 6.47. The lowest BCUT2D eigenvalue weighted by molar-refractivity contribution is 0.393. The Balaban J connectivity index is 2.11. The van der Waals surface area contributed by atoms with Crippen molar-refractivity contribution in [1.82, 2.24) is 4.98 Å². The highest BCUT2D eigenvalue weighted by atomic mass is 79.9. The summed E-state index contributed by atoms with van der Waals surface area (Å²) >= 11 is 3.49. The summed E-state index contributed by atoms with van der Waals surface area (Å²) < 4.78 is 6.29. The molecule has 0 saturated carbocycles. The van der Waals surface area contributed by atoms with E-state index in [1.54, 1.807) is 13.3 Å². The van der Waals surface area contributed by atoms with Crippen molar-refractivity contribution in [3.8, 4) is 5.88 Å². The molecule has 1 heterocycles. The second-order valence-corrected chi connectivity index (χ2v) is 4.96. The van der Waals surface area contributed by atoms with Crippen LogP contribution in [0.3, 0.4) is 0 Å². The van der Waals surface area contributed by atoms with Gasteiger partial charge in [0.1, 0.15) is 0 Å². The Hall–Kier alpha value is -1.55. The molecule has 0 atom stereocenters. The topological polar surface area (TPSA) is 34.1 Å². The summed E-state index contributed by atoms with van der Waals surface area (Å²) in [6.07, 6.45) is 1.73. The minimum atomic E-state index is 0.664. The molecular weight excluding hydrogens is 292 g/mol. The molecule has 0 spiro atoms. The number of methoxy groups -OCH3 is 1. The predicted octanol–water partition coefficient (Wildman–Crippen LogP) is 3.77. The molecule has 18 heavy (non-hydrogen) atoms. The summed E-state index contributed by atoms with van der Waals surface area (Å²) in [6, 6.07) is 10.1. The summed E-state index contributed by atoms with van der Waals surface area (Å²) in [5, 5.41) is 3.37. The molecule has 2 aromatic rings. The zero-order chi connectivity index (χ0) is 13.0. The van der Waals surface area contributed by atoms with E-state index in [1.165, 1.54) is 5.56 Å². The van der Waals surface area contributed by atoms with Crippen LogP contribution in [0.2, 0.25) is 0 Å². The third-order valence-electron chi connectivity index (χ3n) is 2.57. The van der Waals surface area contributed by atoms with Gasteiger partial charge in [0.05, 0.1) is 7.11 Å². The lowest BCUT2D eigenvalue weighted by Gasteiger charge is -2.10. The van der Waals surface area contributed by atoms with Crippen molar-refractivity contribution in [2.75, 3.05) is 12.4 Å². The highest BCUT2D eigenvalue weighted by molar-refractivity contribution is 9.10. The van der Waals surface area contributed by atoms with Gasteiger partial charge in [-0.05, 0) is 36.8 Å². The van der Waals surface area contributed by atoms with Crippen LogP contribution in [0, 0.1) is 6.92 Å². The molecule has 0 bridgehead atoms. The number of benzene rings is 1. The number of hydrogen-bond donors (Lipinski definition) is 1. The standard InChI is InChI=1S/C14H15BrN2O/c1-10-6-12(15)8-13(7-10)17-9-11-4-3-5-16-14(11)18-2/h3-8,17H,9H2,1-2H3. The van der Waals surface area contributed by atoms with Gasteiger partial charge in [-0.3, -0.25) is 0 Å². The zero-order valence-electron chi connectivity index (χ0n) is 10.4. The van der Waals surface area contributed by atoms with Gasteiger partial charge in [0.15, 0.2) is 0 Å². The van der Waals surface area contributed by atoms with Crippen LogP contribution in [0.1, 0.15) is 11.1 Å². The molecule has 1 aromatic heterocycles. The monoisotopic (exact) mass is 306 g/mol. The van der Waals surface area contributed by atoms with E-state index >= 15 is 0 Å². The molecule has 0 aliphatic rings. The van der Waals surface area contributed by atoms with Gasteiger partial charge in [-0.15, -0.1) is 0 Å². The maximum absolute atomic E-state index is 5.22. The van der Waals surface area contributed by atoms with Gasteiger partial charge in [0.25, 0.3) is 0 Å². The van der Waals surface area contributed by atoms with Gasteiger partial charge in [0.2, 0.25) is 5.88 Å². The molecule has 94 valence electrons. The van der Waals surface area contributed by atoms with Crippen molar-refractivity contribution >= 4 is 21.6 Å². The lowest BCUT2D eigenvalue weighted by Crippen LogP contribution is -2.02. The van der Waals surface area contributed by atoms with E-state index < -0.39 is 0 Å². The molecule has 0 amide bonds. The minimum Gasteiger partial charge on any atom is -0.481 e. The van der Waals surface area contributed by atoms with Gasteiger partial charge in [0, 0.05) is 28.5 Å². The molecule has 0 saturated heterocycles. The number of pyridine rings is 1. The van der Waals surface area contributed by atoms with Crippen LogP contribution in [0.5, 0.6) is 5.88 Å². The molecule has 4 heteroatoms. The van der Waals surface area contributed by atoms with E-state index in [4.69, 9.17) is 4.74 Å². The van der Waals surface area contributed by atoms with Crippen molar-refractivity contribution in [3.05, 3.63) is 52.1 Å². The van der Waals surface area contributed by atoms with Crippen LogP contribution in [0.15, 0.2) is 41.0 Å². The van der Waals surface area contributed by atoms with Gasteiger partial charge < -0.3 is 10.1 Å². The first-order chi connectivity index (χ1) is 8.69. The molecule has 0 radical (unpaired) electrons. The Morgan fingerprint density at radius 1 is 1.33 bits per heavy atom. The number of nitrogens with one attached hydrogen (secondary N) is 1. The highest BCUT2D eigenvalue weighted by Crippen LogP contribution is 2.21. The van der Waals surface area contributed by atoms with Crippen LogP contribution in [0.4, 0.5) is 5.69 Å². The fraction of sp³-hybridized carbons (Fsp3) is 0.214. The van der Waals surface area contributed by atoms with Crippen LogP contribution in [-0.2, 0) is 6.54 Å². The second-order valence-electron chi connectivity index (χ2n) is 4.04. The number of rotatable bonds is 4. The summed E-state index contributed by atoms with van der Waals surface area (Å²) in [6.45, 7) is 2.76. The number of nitrogens with zero attached hydrogens (tertiary/aromatic N) is 1. The smallest absolute Gasteiger partial charge is 0.218 e. The average Bonchev–Trinajstić information content (AvgIpc) is 2.35. The third-order valence-corrected chi connectivity index (χ3v) is 3.03. The maximum Gasteiger partial charge on any atom is 0.218 e. The number of ether oxygens (including phenoxy) is 1. The maximum atomic E-state index is 5.22. The van der Waals surface area contributed by atoms with E-state index in [2.05, 4.69) is 51.4 Å². The van der Waals surface area contributed by atoms with Gasteiger partial charge in [-0.25, -0.2) is 4.98 Å². The van der Waals surface area contributed by atoms with Crippen LogP contribution < -0.4 is 10.1 Å². The van der Waals surface area contributed by atoms with Crippen molar-refractivity contribution in [2.24, 2.45) is 0 Å². The summed E-state index contributed by atoms with van der Waals surface area (Å²) in [5.74, 6) is 0.664. The Morgan fingerprint density at radius 2 is 2.17 bits per heavy atom. The molecule has 1 aromatic carbocycles. The van der Waals surface area contributed by atoms with Gasteiger partial charge >= 0.3 is 0 Å². The van der Waals surface area contributed by atoms with Crippen LogP contribution >= 0.6 is 15.9 Å².